The maximum Gasteiger partial charge on any atom is 0.317 e. The molecule has 0 aromatic heterocycles. The molecule has 4 heteroatoms. The van der Waals surface area contributed by atoms with Crippen LogP contribution >= 0.6 is 0 Å². The molecular weight excluding hydrogens is 206 g/mol. The van der Waals surface area contributed by atoms with Crippen molar-refractivity contribution in [1.29, 1.82) is 0 Å². The molecule has 94 valence electrons. The summed E-state index contributed by atoms with van der Waals surface area (Å²) in [7, 11) is 0. The number of hydrogen-bond acceptors (Lipinski definition) is 3. The Morgan fingerprint density at radius 1 is 1.56 bits per heavy atom. The number of aliphatic carboxylic acids is 1. The van der Waals surface area contributed by atoms with E-state index in [1.165, 1.54) is 0 Å². The van der Waals surface area contributed by atoms with E-state index in [2.05, 4.69) is 13.8 Å². The van der Waals surface area contributed by atoms with Crippen LogP contribution in [0.2, 0.25) is 0 Å². The van der Waals surface area contributed by atoms with E-state index in [9.17, 15) is 4.79 Å². The minimum atomic E-state index is -0.772. The van der Waals surface area contributed by atoms with Crippen molar-refractivity contribution >= 4 is 5.97 Å². The van der Waals surface area contributed by atoms with Gasteiger partial charge < -0.3 is 9.84 Å². The first kappa shape index (κ1) is 13.5. The molecule has 1 atom stereocenters. The summed E-state index contributed by atoms with van der Waals surface area (Å²) in [6, 6.07) is 0.239. The Bertz CT molecular complexity index is 251. The fourth-order valence-corrected chi connectivity index (χ4v) is 2.10. The fraction of sp³-hybridized carbons (Fsp3) is 0.917. The van der Waals surface area contributed by atoms with Crippen molar-refractivity contribution in [3.05, 3.63) is 0 Å². The molecule has 1 saturated heterocycles. The largest absolute Gasteiger partial charge is 0.480 e. The van der Waals surface area contributed by atoms with Crippen LogP contribution in [0.5, 0.6) is 0 Å². The minimum Gasteiger partial charge on any atom is -0.480 e. The summed E-state index contributed by atoms with van der Waals surface area (Å²) in [6.45, 7) is 9.02. The Labute approximate surface area is 97.6 Å². The van der Waals surface area contributed by atoms with Crippen LogP contribution in [0.4, 0.5) is 0 Å². The standard InChI is InChI=1S/C12H23NO3/c1-9(2)13(8-11(14)15)7-10-5-6-12(3,4)16-10/h9-10H,5-8H2,1-4H3,(H,14,15). The average Bonchev–Trinajstić information content (AvgIpc) is 2.43. The second-order valence-electron chi connectivity index (χ2n) is 5.46. The summed E-state index contributed by atoms with van der Waals surface area (Å²) in [6.07, 6.45) is 2.25. The van der Waals surface area contributed by atoms with Gasteiger partial charge in [0.15, 0.2) is 0 Å². The zero-order valence-electron chi connectivity index (χ0n) is 10.7. The lowest BCUT2D eigenvalue weighted by Gasteiger charge is -2.28. The van der Waals surface area contributed by atoms with Gasteiger partial charge in [-0.25, -0.2) is 0 Å². The number of hydrogen-bond donors (Lipinski definition) is 1. The van der Waals surface area contributed by atoms with Crippen molar-refractivity contribution in [2.45, 2.75) is 58.3 Å². The van der Waals surface area contributed by atoms with Gasteiger partial charge in [0.1, 0.15) is 0 Å². The van der Waals surface area contributed by atoms with E-state index < -0.39 is 5.97 Å². The number of ether oxygens (including phenoxy) is 1. The predicted octanol–water partition coefficient (Wildman–Crippen LogP) is 1.74. The average molecular weight is 229 g/mol. The van der Waals surface area contributed by atoms with Crippen LogP contribution in [-0.2, 0) is 9.53 Å². The molecule has 1 aliphatic heterocycles. The lowest BCUT2D eigenvalue weighted by Crippen LogP contribution is -2.41. The first-order chi connectivity index (χ1) is 7.30. The number of carbonyl (C=O) groups is 1. The van der Waals surface area contributed by atoms with E-state index in [4.69, 9.17) is 9.84 Å². The molecule has 0 saturated carbocycles. The number of carboxylic acid groups (broad SMARTS) is 1. The Kier molecular flexibility index (Phi) is 4.33. The first-order valence-corrected chi connectivity index (χ1v) is 5.94. The molecule has 1 unspecified atom stereocenters. The molecule has 16 heavy (non-hydrogen) atoms. The van der Waals surface area contributed by atoms with E-state index >= 15 is 0 Å². The van der Waals surface area contributed by atoms with Gasteiger partial charge in [0.25, 0.3) is 0 Å². The van der Waals surface area contributed by atoms with Gasteiger partial charge in [0.2, 0.25) is 0 Å². The van der Waals surface area contributed by atoms with E-state index in [0.717, 1.165) is 12.8 Å². The van der Waals surface area contributed by atoms with Crippen molar-refractivity contribution in [3.63, 3.8) is 0 Å². The third-order valence-electron chi connectivity index (χ3n) is 3.06. The van der Waals surface area contributed by atoms with Crippen molar-refractivity contribution < 1.29 is 14.6 Å². The summed E-state index contributed by atoms with van der Waals surface area (Å²) < 4.78 is 5.88. The highest BCUT2D eigenvalue weighted by molar-refractivity contribution is 5.69. The second kappa shape index (κ2) is 5.15. The monoisotopic (exact) mass is 229 g/mol. The molecule has 4 nitrogen and oxygen atoms in total. The second-order valence-corrected chi connectivity index (χ2v) is 5.46. The predicted molar refractivity (Wildman–Crippen MR) is 62.5 cm³/mol. The van der Waals surface area contributed by atoms with Crippen molar-refractivity contribution in [1.82, 2.24) is 4.90 Å². The summed E-state index contributed by atoms with van der Waals surface area (Å²) in [5, 5.41) is 8.83. The van der Waals surface area contributed by atoms with E-state index in [0.29, 0.717) is 6.54 Å². The fourth-order valence-electron chi connectivity index (χ4n) is 2.10. The third kappa shape index (κ3) is 4.10. The molecule has 0 amide bonds. The summed E-state index contributed by atoms with van der Waals surface area (Å²) in [5.41, 5.74) is -0.0451. The van der Waals surface area contributed by atoms with Gasteiger partial charge in [0.05, 0.1) is 18.2 Å². The normalized spacial score (nSPS) is 24.2. The lowest BCUT2D eigenvalue weighted by atomic mass is 10.1. The van der Waals surface area contributed by atoms with Gasteiger partial charge >= 0.3 is 5.97 Å². The van der Waals surface area contributed by atoms with Crippen LogP contribution in [0.25, 0.3) is 0 Å². The summed E-state index contributed by atoms with van der Waals surface area (Å²) in [4.78, 5) is 12.7. The van der Waals surface area contributed by atoms with Crippen LogP contribution in [-0.4, -0.2) is 46.8 Å². The maximum absolute atomic E-state index is 10.7. The first-order valence-electron chi connectivity index (χ1n) is 5.94. The zero-order valence-corrected chi connectivity index (χ0v) is 10.7. The van der Waals surface area contributed by atoms with Crippen LogP contribution in [0.15, 0.2) is 0 Å². The Balaban J connectivity index is 2.47. The van der Waals surface area contributed by atoms with Gasteiger partial charge in [-0.2, -0.15) is 0 Å². The highest BCUT2D eigenvalue weighted by atomic mass is 16.5. The van der Waals surface area contributed by atoms with Crippen LogP contribution in [0.1, 0.15) is 40.5 Å². The van der Waals surface area contributed by atoms with Gasteiger partial charge in [0, 0.05) is 12.6 Å². The molecule has 1 heterocycles. The summed E-state index contributed by atoms with van der Waals surface area (Å²) in [5.74, 6) is -0.772. The highest BCUT2D eigenvalue weighted by Gasteiger charge is 2.33. The molecule has 1 N–H and O–H groups in total. The van der Waals surface area contributed by atoms with Crippen LogP contribution < -0.4 is 0 Å². The Morgan fingerprint density at radius 3 is 2.56 bits per heavy atom. The van der Waals surface area contributed by atoms with Crippen LogP contribution in [0, 0.1) is 0 Å². The molecule has 0 spiro atoms. The van der Waals surface area contributed by atoms with Gasteiger partial charge in [-0.15, -0.1) is 0 Å². The summed E-state index contributed by atoms with van der Waals surface area (Å²) >= 11 is 0. The molecule has 1 rings (SSSR count). The number of carboxylic acids is 1. The van der Waals surface area contributed by atoms with Crippen molar-refractivity contribution in [2.24, 2.45) is 0 Å². The quantitative estimate of drug-likeness (QED) is 0.780. The highest BCUT2D eigenvalue weighted by Crippen LogP contribution is 2.29. The molecule has 0 aromatic rings. The molecule has 1 aliphatic rings. The molecule has 0 aliphatic carbocycles. The lowest BCUT2D eigenvalue weighted by molar-refractivity contribution is -0.139. The molecule has 0 bridgehead atoms. The molecule has 1 fully saturated rings. The topological polar surface area (TPSA) is 49.8 Å². The molecule has 0 aromatic carbocycles. The molecular formula is C12H23NO3. The van der Waals surface area contributed by atoms with E-state index in [1.54, 1.807) is 0 Å². The van der Waals surface area contributed by atoms with Gasteiger partial charge in [-0.3, -0.25) is 9.69 Å². The van der Waals surface area contributed by atoms with E-state index in [-0.39, 0.29) is 24.3 Å². The Hall–Kier alpha value is -0.610. The minimum absolute atomic E-state index is 0.0451. The smallest absolute Gasteiger partial charge is 0.317 e. The third-order valence-corrected chi connectivity index (χ3v) is 3.06. The van der Waals surface area contributed by atoms with Gasteiger partial charge in [-0.1, -0.05) is 0 Å². The molecule has 0 radical (unpaired) electrons. The van der Waals surface area contributed by atoms with E-state index in [1.807, 2.05) is 18.7 Å². The SMILES string of the molecule is CC(C)N(CC(=O)O)CC1CCC(C)(C)O1. The van der Waals surface area contributed by atoms with Gasteiger partial charge in [-0.05, 0) is 40.5 Å². The zero-order chi connectivity index (χ0) is 12.3. The Morgan fingerprint density at radius 2 is 2.19 bits per heavy atom. The van der Waals surface area contributed by atoms with Crippen molar-refractivity contribution in [2.75, 3.05) is 13.1 Å². The van der Waals surface area contributed by atoms with Crippen molar-refractivity contribution in [3.8, 4) is 0 Å². The maximum atomic E-state index is 10.7. The van der Waals surface area contributed by atoms with Crippen LogP contribution in [0.3, 0.4) is 0 Å². The number of nitrogens with zero attached hydrogens (tertiary/aromatic N) is 1. The number of rotatable bonds is 5.